The Hall–Kier alpha value is -1.59. The average molecular weight is 303 g/mol. The third-order valence-electron chi connectivity index (χ3n) is 4.84. The quantitative estimate of drug-likeness (QED) is 0.871. The largest absolute Gasteiger partial charge is 0.379 e. The number of urea groups is 1. The highest BCUT2D eigenvalue weighted by atomic mass is 16.5. The van der Waals surface area contributed by atoms with Gasteiger partial charge in [-0.05, 0) is 24.8 Å². The third-order valence-corrected chi connectivity index (χ3v) is 4.84. The number of hydrogen-bond donors (Lipinski definition) is 2. The van der Waals surface area contributed by atoms with Crippen LogP contribution in [0.5, 0.6) is 0 Å². The van der Waals surface area contributed by atoms with Crippen molar-refractivity contribution in [1.29, 1.82) is 0 Å². The Labute approximate surface area is 132 Å². The Morgan fingerprint density at radius 1 is 1.14 bits per heavy atom. The fraction of sp³-hybridized carbons (Fsp3) is 0.588. The summed E-state index contributed by atoms with van der Waals surface area (Å²) in [4.78, 5) is 14.5. The molecule has 1 aromatic rings. The molecule has 5 nitrogen and oxygen atoms in total. The van der Waals surface area contributed by atoms with E-state index in [2.05, 4.69) is 15.5 Å². The van der Waals surface area contributed by atoms with Gasteiger partial charge in [-0.1, -0.05) is 30.3 Å². The van der Waals surface area contributed by atoms with E-state index < -0.39 is 0 Å². The smallest absolute Gasteiger partial charge is 0.315 e. The van der Waals surface area contributed by atoms with E-state index in [4.69, 9.17) is 4.74 Å². The lowest BCUT2D eigenvalue weighted by molar-refractivity contribution is -0.0536. The van der Waals surface area contributed by atoms with Gasteiger partial charge < -0.3 is 15.4 Å². The minimum absolute atomic E-state index is 0.0802. The van der Waals surface area contributed by atoms with Crippen molar-refractivity contribution in [2.45, 2.75) is 31.3 Å². The lowest BCUT2D eigenvalue weighted by Crippen LogP contribution is -2.63. The molecule has 1 saturated heterocycles. The topological polar surface area (TPSA) is 53.6 Å². The highest BCUT2D eigenvalue weighted by molar-refractivity contribution is 5.73. The zero-order valence-corrected chi connectivity index (χ0v) is 13.0. The Balaban J connectivity index is 1.45. The van der Waals surface area contributed by atoms with E-state index in [0.717, 1.165) is 38.4 Å². The SMILES string of the molecule is O=C(NCc1ccccc1)NCC1(N2CCOCC2)CCC1. The Bertz CT molecular complexity index is 482. The van der Waals surface area contributed by atoms with Gasteiger partial charge in [-0.3, -0.25) is 4.90 Å². The van der Waals surface area contributed by atoms with Gasteiger partial charge in [0.1, 0.15) is 0 Å². The molecule has 2 aliphatic rings. The predicted octanol–water partition coefficient (Wildman–Crippen LogP) is 1.74. The molecule has 2 fully saturated rings. The number of benzene rings is 1. The predicted molar refractivity (Wildman–Crippen MR) is 85.7 cm³/mol. The molecule has 2 amide bonds. The van der Waals surface area contributed by atoms with Gasteiger partial charge in [0.15, 0.2) is 0 Å². The second-order valence-corrected chi connectivity index (χ2v) is 6.20. The van der Waals surface area contributed by atoms with Crippen molar-refractivity contribution < 1.29 is 9.53 Å². The first kappa shape index (κ1) is 15.3. The summed E-state index contributed by atoms with van der Waals surface area (Å²) in [5, 5.41) is 5.99. The van der Waals surface area contributed by atoms with Crippen LogP contribution in [-0.2, 0) is 11.3 Å². The van der Waals surface area contributed by atoms with E-state index in [9.17, 15) is 4.79 Å². The van der Waals surface area contributed by atoms with Crippen LogP contribution < -0.4 is 10.6 Å². The maximum atomic E-state index is 12.0. The summed E-state index contributed by atoms with van der Waals surface area (Å²) < 4.78 is 5.44. The second-order valence-electron chi connectivity index (χ2n) is 6.20. The molecule has 0 bridgehead atoms. The standard InChI is InChI=1S/C17H25N3O2/c21-16(18-13-15-5-2-1-3-6-15)19-14-17(7-4-8-17)20-9-11-22-12-10-20/h1-3,5-6H,4,7-14H2,(H2,18,19,21). The minimum Gasteiger partial charge on any atom is -0.379 e. The van der Waals surface area contributed by atoms with Crippen molar-refractivity contribution in [2.75, 3.05) is 32.8 Å². The molecule has 0 radical (unpaired) electrons. The highest BCUT2D eigenvalue weighted by Crippen LogP contribution is 2.37. The van der Waals surface area contributed by atoms with Crippen molar-refractivity contribution >= 4 is 6.03 Å². The average Bonchev–Trinajstić information content (AvgIpc) is 2.54. The maximum Gasteiger partial charge on any atom is 0.315 e. The molecular weight excluding hydrogens is 278 g/mol. The molecule has 22 heavy (non-hydrogen) atoms. The monoisotopic (exact) mass is 303 g/mol. The van der Waals surface area contributed by atoms with Gasteiger partial charge in [0.05, 0.1) is 13.2 Å². The number of ether oxygens (including phenoxy) is 1. The molecule has 3 rings (SSSR count). The number of nitrogens with zero attached hydrogens (tertiary/aromatic N) is 1. The Kier molecular flexibility index (Phi) is 4.95. The van der Waals surface area contributed by atoms with E-state index in [1.54, 1.807) is 0 Å². The number of morpholine rings is 1. The van der Waals surface area contributed by atoms with Crippen molar-refractivity contribution in [3.63, 3.8) is 0 Å². The summed E-state index contributed by atoms with van der Waals surface area (Å²) in [6.45, 7) is 4.87. The van der Waals surface area contributed by atoms with Crippen molar-refractivity contribution in [2.24, 2.45) is 0 Å². The summed E-state index contributed by atoms with van der Waals surface area (Å²) in [6.07, 6.45) is 3.60. The first-order valence-corrected chi connectivity index (χ1v) is 8.17. The van der Waals surface area contributed by atoms with Crippen LogP contribution in [0.2, 0.25) is 0 Å². The molecule has 0 aromatic heterocycles. The van der Waals surface area contributed by atoms with E-state index in [1.165, 1.54) is 19.3 Å². The van der Waals surface area contributed by atoms with Gasteiger partial charge in [0, 0.05) is 31.7 Å². The number of amides is 2. The molecule has 1 aromatic carbocycles. The minimum atomic E-state index is -0.0802. The lowest BCUT2D eigenvalue weighted by Gasteiger charge is -2.51. The van der Waals surface area contributed by atoms with Crippen LogP contribution in [0.15, 0.2) is 30.3 Å². The number of nitrogens with one attached hydrogen (secondary N) is 2. The molecule has 0 atom stereocenters. The van der Waals surface area contributed by atoms with Crippen LogP contribution in [0.4, 0.5) is 4.79 Å². The Morgan fingerprint density at radius 3 is 2.50 bits per heavy atom. The van der Waals surface area contributed by atoms with Crippen LogP contribution in [0.1, 0.15) is 24.8 Å². The van der Waals surface area contributed by atoms with Crippen molar-refractivity contribution in [3.05, 3.63) is 35.9 Å². The van der Waals surface area contributed by atoms with Gasteiger partial charge >= 0.3 is 6.03 Å². The molecule has 120 valence electrons. The first-order chi connectivity index (χ1) is 10.8. The molecule has 1 saturated carbocycles. The summed E-state index contributed by atoms with van der Waals surface area (Å²) in [6, 6.07) is 9.89. The highest BCUT2D eigenvalue weighted by Gasteiger charge is 2.42. The second kappa shape index (κ2) is 7.11. The number of carbonyl (C=O) groups is 1. The molecule has 1 heterocycles. The van der Waals surface area contributed by atoms with Crippen LogP contribution >= 0.6 is 0 Å². The normalized spacial score (nSPS) is 20.9. The van der Waals surface area contributed by atoms with E-state index in [1.807, 2.05) is 30.3 Å². The maximum absolute atomic E-state index is 12.0. The fourth-order valence-corrected chi connectivity index (χ4v) is 3.31. The van der Waals surface area contributed by atoms with E-state index >= 15 is 0 Å². The zero-order valence-electron chi connectivity index (χ0n) is 13.0. The zero-order chi connectivity index (χ0) is 15.3. The van der Waals surface area contributed by atoms with Gasteiger partial charge in [-0.2, -0.15) is 0 Å². The fourth-order valence-electron chi connectivity index (χ4n) is 3.31. The van der Waals surface area contributed by atoms with Gasteiger partial charge in [-0.25, -0.2) is 4.79 Å². The molecule has 0 spiro atoms. The summed E-state index contributed by atoms with van der Waals surface area (Å²) in [5.41, 5.74) is 1.28. The molecule has 0 unspecified atom stereocenters. The van der Waals surface area contributed by atoms with Crippen LogP contribution in [0, 0.1) is 0 Å². The van der Waals surface area contributed by atoms with Crippen LogP contribution in [0.3, 0.4) is 0 Å². The summed E-state index contributed by atoms with van der Waals surface area (Å²) in [5.74, 6) is 0. The van der Waals surface area contributed by atoms with Gasteiger partial charge in [0.25, 0.3) is 0 Å². The number of carbonyl (C=O) groups excluding carboxylic acids is 1. The van der Waals surface area contributed by atoms with Gasteiger partial charge in [0.2, 0.25) is 0 Å². The number of rotatable bonds is 5. The van der Waals surface area contributed by atoms with E-state index in [-0.39, 0.29) is 11.6 Å². The molecular formula is C17H25N3O2. The van der Waals surface area contributed by atoms with Crippen LogP contribution in [-0.4, -0.2) is 49.3 Å². The summed E-state index contributed by atoms with van der Waals surface area (Å²) in [7, 11) is 0. The number of hydrogen-bond acceptors (Lipinski definition) is 3. The van der Waals surface area contributed by atoms with Crippen LogP contribution in [0.25, 0.3) is 0 Å². The molecule has 5 heteroatoms. The third kappa shape index (κ3) is 3.59. The van der Waals surface area contributed by atoms with Gasteiger partial charge in [-0.15, -0.1) is 0 Å². The Morgan fingerprint density at radius 2 is 1.86 bits per heavy atom. The van der Waals surface area contributed by atoms with Crippen molar-refractivity contribution in [3.8, 4) is 0 Å². The molecule has 1 aliphatic heterocycles. The molecule has 2 N–H and O–H groups in total. The first-order valence-electron chi connectivity index (χ1n) is 8.17. The van der Waals surface area contributed by atoms with Crippen molar-refractivity contribution in [1.82, 2.24) is 15.5 Å². The lowest BCUT2D eigenvalue weighted by atomic mass is 9.75. The summed E-state index contributed by atoms with van der Waals surface area (Å²) >= 11 is 0. The van der Waals surface area contributed by atoms with E-state index in [0.29, 0.717) is 6.54 Å². The molecule has 1 aliphatic carbocycles.